The molecule has 0 unspecified atom stereocenters. The second-order valence-corrected chi connectivity index (χ2v) is 6.28. The summed E-state index contributed by atoms with van der Waals surface area (Å²) in [5.74, 6) is 0.618. The highest BCUT2D eigenvalue weighted by molar-refractivity contribution is 5.94. The minimum absolute atomic E-state index is 0.00109. The smallest absolute Gasteiger partial charge is 0.409 e. The monoisotopic (exact) mass is 370 g/mol. The van der Waals surface area contributed by atoms with Crippen molar-refractivity contribution >= 4 is 17.8 Å². The van der Waals surface area contributed by atoms with Crippen LogP contribution in [0, 0.1) is 0 Å². The molecule has 1 saturated heterocycles. The zero-order valence-electron chi connectivity index (χ0n) is 15.4. The van der Waals surface area contributed by atoms with Gasteiger partial charge in [-0.15, -0.1) is 0 Å². The van der Waals surface area contributed by atoms with Crippen LogP contribution < -0.4 is 0 Å². The van der Waals surface area contributed by atoms with E-state index in [4.69, 9.17) is 9.15 Å². The highest BCUT2D eigenvalue weighted by Gasteiger charge is 2.27. The van der Waals surface area contributed by atoms with Crippen LogP contribution in [0.1, 0.15) is 34.8 Å². The molecule has 7 heteroatoms. The highest BCUT2D eigenvalue weighted by atomic mass is 16.6. The third-order valence-electron chi connectivity index (χ3n) is 4.49. The van der Waals surface area contributed by atoms with Crippen molar-refractivity contribution in [3.8, 4) is 11.3 Å². The number of Topliss-reactive ketones (excluding diaryl/α,β-unsaturated/α-hetero) is 1. The Morgan fingerprint density at radius 2 is 1.59 bits per heavy atom. The largest absolute Gasteiger partial charge is 0.451 e. The molecule has 1 fully saturated rings. The zero-order valence-corrected chi connectivity index (χ0v) is 15.4. The van der Waals surface area contributed by atoms with E-state index >= 15 is 0 Å². The van der Waals surface area contributed by atoms with Crippen LogP contribution in [0.25, 0.3) is 11.3 Å². The molecule has 2 aromatic rings. The van der Waals surface area contributed by atoms with Crippen molar-refractivity contribution in [2.45, 2.75) is 13.8 Å². The number of piperazine rings is 1. The molecule has 3 rings (SSSR count). The minimum atomic E-state index is -0.348. The fourth-order valence-electron chi connectivity index (χ4n) is 2.94. The summed E-state index contributed by atoms with van der Waals surface area (Å²) >= 11 is 0. The van der Waals surface area contributed by atoms with E-state index in [-0.39, 0.29) is 23.5 Å². The summed E-state index contributed by atoms with van der Waals surface area (Å²) < 4.78 is 10.7. The van der Waals surface area contributed by atoms with Crippen molar-refractivity contribution in [1.29, 1.82) is 0 Å². The van der Waals surface area contributed by atoms with E-state index in [1.54, 1.807) is 53.1 Å². The molecule has 1 aliphatic heterocycles. The zero-order chi connectivity index (χ0) is 19.4. The first-order chi connectivity index (χ1) is 13.0. The number of hydrogen-bond donors (Lipinski definition) is 0. The summed E-state index contributed by atoms with van der Waals surface area (Å²) in [6, 6.07) is 10.4. The van der Waals surface area contributed by atoms with E-state index in [2.05, 4.69) is 0 Å². The van der Waals surface area contributed by atoms with Gasteiger partial charge in [-0.05, 0) is 26.0 Å². The van der Waals surface area contributed by atoms with Gasteiger partial charge in [0.15, 0.2) is 11.5 Å². The Morgan fingerprint density at radius 3 is 2.19 bits per heavy atom. The second kappa shape index (κ2) is 8.07. The maximum atomic E-state index is 12.6. The average molecular weight is 370 g/mol. The van der Waals surface area contributed by atoms with E-state index in [0.29, 0.717) is 44.1 Å². The van der Waals surface area contributed by atoms with Crippen LogP contribution in [0.3, 0.4) is 0 Å². The van der Waals surface area contributed by atoms with Crippen molar-refractivity contribution in [3.05, 3.63) is 47.7 Å². The van der Waals surface area contributed by atoms with Crippen LogP contribution in [0.5, 0.6) is 0 Å². The van der Waals surface area contributed by atoms with E-state index in [0.717, 1.165) is 5.56 Å². The Labute approximate surface area is 157 Å². The van der Waals surface area contributed by atoms with E-state index in [1.165, 1.54) is 6.92 Å². The van der Waals surface area contributed by atoms with Gasteiger partial charge in [0.25, 0.3) is 5.91 Å². The van der Waals surface area contributed by atoms with Crippen LogP contribution in [0.4, 0.5) is 4.79 Å². The second-order valence-electron chi connectivity index (χ2n) is 6.28. The van der Waals surface area contributed by atoms with Gasteiger partial charge in [0.2, 0.25) is 0 Å². The Kier molecular flexibility index (Phi) is 5.59. The van der Waals surface area contributed by atoms with Crippen LogP contribution in [0.15, 0.2) is 40.8 Å². The third kappa shape index (κ3) is 4.19. The molecular formula is C20H22N2O5. The molecular weight excluding hydrogens is 348 g/mol. The van der Waals surface area contributed by atoms with Gasteiger partial charge in [-0.2, -0.15) is 0 Å². The Hall–Kier alpha value is -3.09. The van der Waals surface area contributed by atoms with Gasteiger partial charge in [0.05, 0.1) is 6.61 Å². The number of hydrogen-bond acceptors (Lipinski definition) is 5. The number of nitrogens with zero attached hydrogens (tertiary/aromatic N) is 2. The van der Waals surface area contributed by atoms with E-state index in [9.17, 15) is 14.4 Å². The molecule has 0 N–H and O–H groups in total. The fraction of sp³-hybridized carbons (Fsp3) is 0.350. The summed E-state index contributed by atoms with van der Waals surface area (Å²) in [6.45, 7) is 5.35. The number of rotatable bonds is 4. The molecule has 0 bridgehead atoms. The quantitative estimate of drug-likeness (QED) is 0.773. The first-order valence-electron chi connectivity index (χ1n) is 8.91. The molecule has 0 atom stereocenters. The lowest BCUT2D eigenvalue weighted by Crippen LogP contribution is -2.50. The van der Waals surface area contributed by atoms with Gasteiger partial charge in [-0.25, -0.2) is 4.79 Å². The van der Waals surface area contributed by atoms with Crippen molar-refractivity contribution in [2.75, 3.05) is 32.8 Å². The van der Waals surface area contributed by atoms with Crippen LogP contribution in [-0.4, -0.2) is 60.4 Å². The SMILES string of the molecule is CCOC(=O)N1CCN(C(=O)c2ccc(-c3ccc(C(C)=O)cc3)o2)CC1. The van der Waals surface area contributed by atoms with Gasteiger partial charge in [-0.3, -0.25) is 9.59 Å². The van der Waals surface area contributed by atoms with Crippen LogP contribution in [-0.2, 0) is 4.74 Å². The Bertz CT molecular complexity index is 832. The van der Waals surface area contributed by atoms with Crippen molar-refractivity contribution in [1.82, 2.24) is 9.80 Å². The standard InChI is InChI=1S/C20H22N2O5/c1-3-26-20(25)22-12-10-21(11-13-22)19(24)18-9-8-17(27-18)16-6-4-15(5-7-16)14(2)23/h4-9H,3,10-13H2,1-2H3. The summed E-state index contributed by atoms with van der Waals surface area (Å²) in [5.41, 5.74) is 1.42. The first-order valence-corrected chi connectivity index (χ1v) is 8.91. The molecule has 2 heterocycles. The van der Waals surface area contributed by atoms with Gasteiger partial charge in [-0.1, -0.05) is 24.3 Å². The average Bonchev–Trinajstić information content (AvgIpc) is 3.18. The molecule has 0 aliphatic carbocycles. The molecule has 1 aromatic heterocycles. The first kappa shape index (κ1) is 18.7. The topological polar surface area (TPSA) is 80.1 Å². The summed E-state index contributed by atoms with van der Waals surface area (Å²) in [5, 5.41) is 0. The highest BCUT2D eigenvalue weighted by Crippen LogP contribution is 2.24. The number of ketones is 1. The predicted molar refractivity (Wildman–Crippen MR) is 98.6 cm³/mol. The number of benzene rings is 1. The molecule has 0 saturated carbocycles. The molecule has 142 valence electrons. The normalized spacial score (nSPS) is 14.1. The summed E-state index contributed by atoms with van der Waals surface area (Å²) in [4.78, 5) is 39.0. The number of amides is 2. The van der Waals surface area contributed by atoms with Crippen molar-refractivity contribution < 1.29 is 23.5 Å². The van der Waals surface area contributed by atoms with Gasteiger partial charge < -0.3 is 19.0 Å². The molecule has 27 heavy (non-hydrogen) atoms. The molecule has 1 aliphatic rings. The van der Waals surface area contributed by atoms with Crippen molar-refractivity contribution in [2.24, 2.45) is 0 Å². The minimum Gasteiger partial charge on any atom is -0.451 e. The molecule has 0 spiro atoms. The summed E-state index contributed by atoms with van der Waals surface area (Å²) in [6.07, 6.45) is -0.348. The molecule has 7 nitrogen and oxygen atoms in total. The van der Waals surface area contributed by atoms with E-state index < -0.39 is 0 Å². The molecule has 2 amide bonds. The van der Waals surface area contributed by atoms with Gasteiger partial charge in [0, 0.05) is 37.3 Å². The Balaban J connectivity index is 1.64. The third-order valence-corrected chi connectivity index (χ3v) is 4.49. The molecule has 1 aromatic carbocycles. The van der Waals surface area contributed by atoms with Crippen LogP contribution in [0.2, 0.25) is 0 Å². The number of carbonyl (C=O) groups excluding carboxylic acids is 3. The maximum Gasteiger partial charge on any atom is 0.409 e. The number of ether oxygens (including phenoxy) is 1. The predicted octanol–water partition coefficient (Wildman–Crippen LogP) is 3.06. The summed E-state index contributed by atoms with van der Waals surface area (Å²) in [7, 11) is 0. The number of carbonyl (C=O) groups is 3. The van der Waals surface area contributed by atoms with Gasteiger partial charge in [0.1, 0.15) is 5.76 Å². The Morgan fingerprint density at radius 1 is 0.963 bits per heavy atom. The van der Waals surface area contributed by atoms with Gasteiger partial charge >= 0.3 is 6.09 Å². The van der Waals surface area contributed by atoms with E-state index in [1.807, 2.05) is 0 Å². The maximum absolute atomic E-state index is 12.6. The lowest BCUT2D eigenvalue weighted by Gasteiger charge is -2.33. The van der Waals surface area contributed by atoms with Crippen molar-refractivity contribution in [3.63, 3.8) is 0 Å². The number of furan rings is 1. The lowest BCUT2D eigenvalue weighted by molar-refractivity contribution is 0.0547. The lowest BCUT2D eigenvalue weighted by atomic mass is 10.1. The van der Waals surface area contributed by atoms with Crippen LogP contribution >= 0.6 is 0 Å². The fourth-order valence-corrected chi connectivity index (χ4v) is 2.94. The molecule has 0 radical (unpaired) electrons.